The van der Waals surface area contributed by atoms with Crippen LogP contribution in [0.5, 0.6) is 0 Å². The fraction of sp³-hybridized carbons (Fsp3) is 0.500. The van der Waals surface area contributed by atoms with Gasteiger partial charge in [0, 0.05) is 25.2 Å². The second-order valence-electron chi connectivity index (χ2n) is 6.64. The highest BCUT2D eigenvalue weighted by Crippen LogP contribution is 2.38. The van der Waals surface area contributed by atoms with Gasteiger partial charge in [0.1, 0.15) is 0 Å². The Bertz CT molecular complexity index is 806. The van der Waals surface area contributed by atoms with Gasteiger partial charge in [0.05, 0.1) is 10.3 Å². The number of nitrogens with zero attached hydrogens (tertiary/aromatic N) is 1. The molecular formula is C16H21N3O4S. The van der Waals surface area contributed by atoms with E-state index < -0.39 is 15.4 Å². The van der Waals surface area contributed by atoms with Gasteiger partial charge in [-0.25, -0.2) is 13.6 Å². The topological polar surface area (TPSA) is 110 Å². The van der Waals surface area contributed by atoms with Gasteiger partial charge in [-0.05, 0) is 43.9 Å². The van der Waals surface area contributed by atoms with Crippen LogP contribution in [0, 0.1) is 12.3 Å². The molecule has 0 aromatic heterocycles. The lowest BCUT2D eigenvalue weighted by atomic mass is 9.79. The number of likely N-dealkylation sites (tertiary alicyclic amines) is 1. The molecule has 8 heteroatoms. The second kappa shape index (κ2) is 5.86. The molecule has 0 bridgehead atoms. The van der Waals surface area contributed by atoms with Gasteiger partial charge in [-0.2, -0.15) is 0 Å². The molecule has 130 valence electrons. The number of piperidine rings is 1. The average molecular weight is 351 g/mol. The predicted molar refractivity (Wildman–Crippen MR) is 87.7 cm³/mol. The average Bonchev–Trinajstić information content (AvgIpc) is 2.94. The molecule has 1 unspecified atom stereocenters. The predicted octanol–water partition coefficient (Wildman–Crippen LogP) is 0.385. The summed E-state index contributed by atoms with van der Waals surface area (Å²) in [5, 5.41) is 8.04. The number of amides is 2. The molecule has 1 spiro atoms. The number of hydrogen-bond donors (Lipinski definition) is 2. The SMILES string of the molecule is Cc1ccc(S(N)(=O)=O)cc1C(=O)N1CCC2(CCCNC2=O)C1. The van der Waals surface area contributed by atoms with Gasteiger partial charge in [0.15, 0.2) is 0 Å². The number of nitrogens with two attached hydrogens (primary N) is 1. The van der Waals surface area contributed by atoms with Crippen LogP contribution in [0.4, 0.5) is 0 Å². The zero-order valence-corrected chi connectivity index (χ0v) is 14.4. The largest absolute Gasteiger partial charge is 0.356 e. The molecular weight excluding hydrogens is 330 g/mol. The van der Waals surface area contributed by atoms with Crippen LogP contribution >= 0.6 is 0 Å². The molecule has 3 rings (SSSR count). The molecule has 1 atom stereocenters. The van der Waals surface area contributed by atoms with Crippen molar-refractivity contribution in [1.29, 1.82) is 0 Å². The third-order valence-corrected chi connectivity index (χ3v) is 5.92. The van der Waals surface area contributed by atoms with E-state index in [0.29, 0.717) is 37.2 Å². The first kappa shape index (κ1) is 16.9. The first-order valence-corrected chi connectivity index (χ1v) is 9.49. The molecule has 3 N–H and O–H groups in total. The van der Waals surface area contributed by atoms with Gasteiger partial charge < -0.3 is 10.2 Å². The molecule has 2 aliphatic rings. The van der Waals surface area contributed by atoms with Gasteiger partial charge in [-0.15, -0.1) is 0 Å². The van der Waals surface area contributed by atoms with Crippen molar-refractivity contribution >= 4 is 21.8 Å². The molecule has 0 aliphatic carbocycles. The zero-order valence-electron chi connectivity index (χ0n) is 13.5. The number of rotatable bonds is 2. The number of carbonyl (C=O) groups is 2. The second-order valence-corrected chi connectivity index (χ2v) is 8.20. The third kappa shape index (κ3) is 2.91. The summed E-state index contributed by atoms with van der Waals surface area (Å²) >= 11 is 0. The van der Waals surface area contributed by atoms with E-state index in [1.54, 1.807) is 17.9 Å². The van der Waals surface area contributed by atoms with E-state index >= 15 is 0 Å². The minimum Gasteiger partial charge on any atom is -0.356 e. The highest BCUT2D eigenvalue weighted by atomic mass is 32.2. The molecule has 0 saturated carbocycles. The van der Waals surface area contributed by atoms with Crippen molar-refractivity contribution in [3.63, 3.8) is 0 Å². The minimum atomic E-state index is -3.87. The molecule has 1 aromatic carbocycles. The van der Waals surface area contributed by atoms with Crippen LogP contribution < -0.4 is 10.5 Å². The molecule has 2 saturated heterocycles. The van der Waals surface area contributed by atoms with Crippen molar-refractivity contribution in [2.75, 3.05) is 19.6 Å². The Hall–Kier alpha value is -1.93. The lowest BCUT2D eigenvalue weighted by molar-refractivity contribution is -0.132. The van der Waals surface area contributed by atoms with E-state index in [-0.39, 0.29) is 16.7 Å². The summed E-state index contributed by atoms with van der Waals surface area (Å²) in [6, 6.07) is 4.28. The molecule has 2 fully saturated rings. The van der Waals surface area contributed by atoms with Crippen LogP contribution in [0.1, 0.15) is 35.2 Å². The maximum Gasteiger partial charge on any atom is 0.254 e. The van der Waals surface area contributed by atoms with Crippen LogP contribution in [-0.2, 0) is 14.8 Å². The fourth-order valence-corrected chi connectivity index (χ4v) is 4.08. The number of carbonyl (C=O) groups excluding carboxylic acids is 2. The van der Waals surface area contributed by atoms with E-state index in [9.17, 15) is 18.0 Å². The number of benzene rings is 1. The Kier molecular flexibility index (Phi) is 4.13. The van der Waals surface area contributed by atoms with Crippen molar-refractivity contribution in [2.45, 2.75) is 31.1 Å². The quantitative estimate of drug-likeness (QED) is 0.803. The van der Waals surface area contributed by atoms with Crippen molar-refractivity contribution in [2.24, 2.45) is 10.6 Å². The summed E-state index contributed by atoms with van der Waals surface area (Å²) in [6.07, 6.45) is 2.32. The molecule has 2 aliphatic heterocycles. The van der Waals surface area contributed by atoms with Crippen molar-refractivity contribution in [3.05, 3.63) is 29.3 Å². The maximum atomic E-state index is 12.8. The summed E-state index contributed by atoms with van der Waals surface area (Å²) in [5.41, 5.74) is 0.496. The number of sulfonamides is 1. The lowest BCUT2D eigenvalue weighted by Gasteiger charge is -2.32. The van der Waals surface area contributed by atoms with Gasteiger partial charge in [0.2, 0.25) is 15.9 Å². The highest BCUT2D eigenvalue weighted by Gasteiger charge is 2.47. The highest BCUT2D eigenvalue weighted by molar-refractivity contribution is 7.89. The van der Waals surface area contributed by atoms with E-state index in [0.717, 1.165) is 12.8 Å². The van der Waals surface area contributed by atoms with E-state index in [4.69, 9.17) is 5.14 Å². The summed E-state index contributed by atoms with van der Waals surface area (Å²) in [4.78, 5) is 26.6. The molecule has 1 aromatic rings. The standard InChI is InChI=1S/C16H21N3O4S/c1-11-3-4-12(24(17,22)23)9-13(11)14(20)19-8-6-16(10-19)5-2-7-18-15(16)21/h3-4,9H,2,5-8,10H2,1H3,(H,18,21)(H2,17,22,23). The fourth-order valence-electron chi connectivity index (χ4n) is 3.54. The van der Waals surface area contributed by atoms with Crippen molar-refractivity contribution in [3.8, 4) is 0 Å². The first-order valence-electron chi connectivity index (χ1n) is 7.94. The van der Waals surface area contributed by atoms with Crippen molar-refractivity contribution in [1.82, 2.24) is 10.2 Å². The smallest absolute Gasteiger partial charge is 0.254 e. The number of hydrogen-bond acceptors (Lipinski definition) is 4. The van der Waals surface area contributed by atoms with E-state index in [1.807, 2.05) is 0 Å². The zero-order chi connectivity index (χ0) is 17.5. The van der Waals surface area contributed by atoms with Crippen LogP contribution in [0.3, 0.4) is 0 Å². The third-order valence-electron chi connectivity index (χ3n) is 5.01. The molecule has 2 heterocycles. The van der Waals surface area contributed by atoms with Crippen LogP contribution in [0.15, 0.2) is 23.1 Å². The summed E-state index contributed by atoms with van der Waals surface area (Å²) < 4.78 is 23.1. The van der Waals surface area contributed by atoms with E-state index in [2.05, 4.69) is 5.32 Å². The van der Waals surface area contributed by atoms with Crippen LogP contribution in [-0.4, -0.2) is 44.8 Å². The van der Waals surface area contributed by atoms with Crippen LogP contribution in [0.25, 0.3) is 0 Å². The normalized spacial score (nSPS) is 24.2. The molecule has 0 radical (unpaired) electrons. The summed E-state index contributed by atoms with van der Waals surface area (Å²) in [6.45, 7) is 3.30. The maximum absolute atomic E-state index is 12.8. The number of aryl methyl sites for hydroxylation is 1. The van der Waals surface area contributed by atoms with Gasteiger partial charge in [-0.1, -0.05) is 6.07 Å². The van der Waals surface area contributed by atoms with Crippen LogP contribution in [0.2, 0.25) is 0 Å². The Balaban J connectivity index is 1.87. The lowest BCUT2D eigenvalue weighted by Crippen LogP contribution is -2.47. The Morgan fingerprint density at radius 1 is 1.33 bits per heavy atom. The van der Waals surface area contributed by atoms with Gasteiger partial charge in [0.25, 0.3) is 5.91 Å². The Morgan fingerprint density at radius 3 is 2.75 bits per heavy atom. The molecule has 2 amide bonds. The first-order chi connectivity index (χ1) is 11.2. The summed E-state index contributed by atoms with van der Waals surface area (Å²) in [5.74, 6) is -0.243. The molecule has 24 heavy (non-hydrogen) atoms. The Morgan fingerprint density at radius 2 is 2.08 bits per heavy atom. The monoisotopic (exact) mass is 351 g/mol. The minimum absolute atomic E-state index is 0.0130. The summed E-state index contributed by atoms with van der Waals surface area (Å²) in [7, 11) is -3.87. The number of primary sulfonamides is 1. The van der Waals surface area contributed by atoms with Crippen molar-refractivity contribution < 1.29 is 18.0 Å². The van der Waals surface area contributed by atoms with Gasteiger partial charge >= 0.3 is 0 Å². The Labute approximate surface area is 141 Å². The number of nitrogens with one attached hydrogen (secondary N) is 1. The van der Waals surface area contributed by atoms with Gasteiger partial charge in [-0.3, -0.25) is 9.59 Å². The molecule has 7 nitrogen and oxygen atoms in total. The van der Waals surface area contributed by atoms with E-state index in [1.165, 1.54) is 12.1 Å².